The van der Waals surface area contributed by atoms with Gasteiger partial charge in [0.05, 0.1) is 22.4 Å². The molecule has 320 valence electrons. The SMILES string of the molecule is CC(C)(C)c1cc(Oc2ccc3c4ccccc4n(-c4cc(C(C)(C)C)ccn4)c3c2)cc(-n2c[n+](-c3ccc(N4c5ccccc5C(C)(C)c5ccccc54)cc3)c3ccccc32)c1. The van der Waals surface area contributed by atoms with Crippen LogP contribution >= 0.6 is 0 Å². The van der Waals surface area contributed by atoms with Gasteiger partial charge in [-0.25, -0.2) is 4.98 Å². The molecule has 4 heterocycles. The molecular formula is C59H54N5O+. The molecule has 0 saturated heterocycles. The van der Waals surface area contributed by atoms with Crippen molar-refractivity contribution in [2.45, 2.75) is 71.6 Å². The molecule has 6 nitrogen and oxygen atoms in total. The van der Waals surface area contributed by atoms with Crippen molar-refractivity contribution in [3.8, 4) is 28.7 Å². The summed E-state index contributed by atoms with van der Waals surface area (Å²) in [5.74, 6) is 2.44. The molecule has 0 fully saturated rings. The number of anilines is 3. The Balaban J connectivity index is 0.990. The van der Waals surface area contributed by atoms with Crippen LogP contribution in [0.3, 0.4) is 0 Å². The van der Waals surface area contributed by atoms with E-state index >= 15 is 0 Å². The van der Waals surface area contributed by atoms with Gasteiger partial charge in [0.1, 0.15) is 28.7 Å². The first kappa shape index (κ1) is 40.3. The lowest BCUT2D eigenvalue weighted by molar-refractivity contribution is -0.567. The van der Waals surface area contributed by atoms with Gasteiger partial charge in [-0.05, 0) is 124 Å². The third-order valence-corrected chi connectivity index (χ3v) is 13.4. The highest BCUT2D eigenvalue weighted by atomic mass is 16.5. The molecule has 0 bridgehead atoms. The first-order valence-corrected chi connectivity index (χ1v) is 22.7. The summed E-state index contributed by atoms with van der Waals surface area (Å²) in [6, 6.07) is 61.2. The molecule has 0 N–H and O–H groups in total. The number of para-hydroxylation sites is 5. The number of ether oxygens (including phenoxy) is 1. The molecule has 6 heteroatoms. The van der Waals surface area contributed by atoms with Crippen LogP contribution in [0.5, 0.6) is 11.5 Å². The monoisotopic (exact) mass is 848 g/mol. The molecule has 0 aliphatic carbocycles. The van der Waals surface area contributed by atoms with Crippen molar-refractivity contribution in [1.29, 1.82) is 0 Å². The minimum Gasteiger partial charge on any atom is -0.457 e. The molecule has 0 radical (unpaired) electrons. The molecule has 1 aliphatic heterocycles. The van der Waals surface area contributed by atoms with E-state index in [1.807, 2.05) is 6.20 Å². The first-order chi connectivity index (χ1) is 31.2. The van der Waals surface area contributed by atoms with Gasteiger partial charge in [0.15, 0.2) is 11.0 Å². The topological polar surface area (TPSA) is 39.1 Å². The maximum absolute atomic E-state index is 6.93. The average molecular weight is 849 g/mol. The van der Waals surface area contributed by atoms with E-state index in [0.29, 0.717) is 0 Å². The molecule has 65 heavy (non-hydrogen) atoms. The number of pyridine rings is 1. The normalized spacial score (nSPS) is 13.6. The quantitative estimate of drug-likeness (QED) is 0.157. The van der Waals surface area contributed by atoms with Gasteiger partial charge < -0.3 is 9.64 Å². The molecular weight excluding hydrogens is 795 g/mol. The van der Waals surface area contributed by atoms with E-state index in [1.165, 1.54) is 39.0 Å². The van der Waals surface area contributed by atoms with Crippen LogP contribution in [0.4, 0.5) is 17.1 Å². The van der Waals surface area contributed by atoms with Gasteiger partial charge in [-0.1, -0.05) is 122 Å². The van der Waals surface area contributed by atoms with Crippen molar-refractivity contribution in [3.05, 3.63) is 205 Å². The lowest BCUT2D eigenvalue weighted by atomic mass is 9.73. The number of aromatic nitrogens is 4. The third kappa shape index (κ3) is 6.78. The van der Waals surface area contributed by atoms with Crippen LogP contribution in [-0.4, -0.2) is 14.1 Å². The van der Waals surface area contributed by atoms with Crippen molar-refractivity contribution >= 4 is 49.9 Å². The Morgan fingerprint density at radius 1 is 0.523 bits per heavy atom. The van der Waals surface area contributed by atoms with Gasteiger partial charge >= 0.3 is 0 Å². The number of fused-ring (bicyclic) bond motifs is 6. The molecule has 1 aliphatic rings. The van der Waals surface area contributed by atoms with Gasteiger partial charge in [-0.15, -0.1) is 0 Å². The fourth-order valence-corrected chi connectivity index (χ4v) is 9.85. The molecule has 0 atom stereocenters. The van der Waals surface area contributed by atoms with Gasteiger partial charge in [0.25, 0.3) is 6.33 Å². The molecule has 11 rings (SSSR count). The zero-order valence-corrected chi connectivity index (χ0v) is 38.5. The summed E-state index contributed by atoms with van der Waals surface area (Å²) in [5, 5.41) is 2.34. The summed E-state index contributed by atoms with van der Waals surface area (Å²) < 4.78 is 13.8. The number of nitrogens with zero attached hydrogens (tertiary/aromatic N) is 5. The van der Waals surface area contributed by atoms with Crippen LogP contribution < -0.4 is 14.2 Å². The molecule has 0 spiro atoms. The first-order valence-electron chi connectivity index (χ1n) is 22.7. The minimum absolute atomic E-state index is 0.0127. The van der Waals surface area contributed by atoms with Crippen LogP contribution in [0, 0.1) is 0 Å². The van der Waals surface area contributed by atoms with Crippen molar-refractivity contribution in [2.75, 3.05) is 4.90 Å². The fraction of sp³-hybridized carbons (Fsp3) is 0.186. The van der Waals surface area contributed by atoms with E-state index in [0.717, 1.165) is 61.8 Å². The van der Waals surface area contributed by atoms with Crippen LogP contribution in [0.25, 0.3) is 50.0 Å². The average Bonchev–Trinajstić information content (AvgIpc) is 3.85. The molecule has 0 unspecified atom stereocenters. The Morgan fingerprint density at radius 2 is 1.15 bits per heavy atom. The number of benzene rings is 7. The summed E-state index contributed by atoms with van der Waals surface area (Å²) in [7, 11) is 0. The van der Waals surface area contributed by atoms with Gasteiger partial charge in [0.2, 0.25) is 0 Å². The van der Waals surface area contributed by atoms with Crippen LogP contribution in [0.2, 0.25) is 0 Å². The lowest BCUT2D eigenvalue weighted by Crippen LogP contribution is -2.31. The third-order valence-electron chi connectivity index (χ3n) is 13.4. The van der Waals surface area contributed by atoms with E-state index in [9.17, 15) is 0 Å². The maximum Gasteiger partial charge on any atom is 0.255 e. The summed E-state index contributed by atoms with van der Waals surface area (Å²) in [6.07, 6.45) is 4.14. The summed E-state index contributed by atoms with van der Waals surface area (Å²) >= 11 is 0. The molecule has 0 saturated carbocycles. The second kappa shape index (κ2) is 14.8. The van der Waals surface area contributed by atoms with Crippen molar-refractivity contribution in [1.82, 2.24) is 14.1 Å². The van der Waals surface area contributed by atoms with Gasteiger partial charge in [-0.2, -0.15) is 9.13 Å². The second-order valence-corrected chi connectivity index (χ2v) is 20.1. The minimum atomic E-state index is -0.135. The highest BCUT2D eigenvalue weighted by molar-refractivity contribution is 6.09. The van der Waals surface area contributed by atoms with E-state index in [4.69, 9.17) is 9.72 Å². The van der Waals surface area contributed by atoms with E-state index < -0.39 is 0 Å². The highest BCUT2D eigenvalue weighted by Crippen LogP contribution is 2.51. The zero-order chi connectivity index (χ0) is 44.8. The Labute approximate surface area is 381 Å². The zero-order valence-electron chi connectivity index (χ0n) is 38.5. The largest absolute Gasteiger partial charge is 0.457 e. The second-order valence-electron chi connectivity index (χ2n) is 20.1. The molecule has 3 aromatic heterocycles. The fourth-order valence-electron chi connectivity index (χ4n) is 9.85. The predicted octanol–water partition coefficient (Wildman–Crippen LogP) is 14.9. The number of rotatable bonds is 6. The molecule has 10 aromatic rings. The lowest BCUT2D eigenvalue weighted by Gasteiger charge is -2.42. The Kier molecular flexibility index (Phi) is 9.19. The van der Waals surface area contributed by atoms with Crippen molar-refractivity contribution in [3.63, 3.8) is 0 Å². The maximum atomic E-state index is 6.93. The van der Waals surface area contributed by atoms with E-state index in [2.05, 4.69) is 250 Å². The van der Waals surface area contributed by atoms with Gasteiger partial charge in [-0.3, -0.25) is 4.57 Å². The van der Waals surface area contributed by atoms with Crippen LogP contribution in [-0.2, 0) is 16.2 Å². The van der Waals surface area contributed by atoms with E-state index in [1.54, 1.807) is 0 Å². The highest BCUT2D eigenvalue weighted by Gasteiger charge is 2.36. The Morgan fingerprint density at radius 3 is 1.86 bits per heavy atom. The van der Waals surface area contributed by atoms with E-state index in [-0.39, 0.29) is 16.2 Å². The standard InChI is InChI=1S/C59H54N5O/c1-57(2,3)39-31-32-60-56(35-39)64-50-20-12-9-17-46(50)47-30-29-44(37-55(47)64)65-45-34-40(58(4,5)6)33-43(36-45)62-38-61(53-23-15-16-24-54(53)62)41-25-27-42(28-26-41)63-51-21-13-10-18-48(51)59(7,8)49-19-11-14-22-52(49)63/h9-38H,1-8H3/q+1. The predicted molar refractivity (Wildman–Crippen MR) is 268 cm³/mol. The number of imidazole rings is 1. The Hall–Kier alpha value is -7.44. The summed E-state index contributed by atoms with van der Waals surface area (Å²) in [5.41, 5.74) is 14.9. The van der Waals surface area contributed by atoms with Crippen molar-refractivity contribution in [2.24, 2.45) is 0 Å². The van der Waals surface area contributed by atoms with Crippen molar-refractivity contribution < 1.29 is 9.30 Å². The smallest absolute Gasteiger partial charge is 0.255 e. The number of hydrogen-bond acceptors (Lipinski definition) is 3. The summed E-state index contributed by atoms with van der Waals surface area (Å²) in [4.78, 5) is 7.31. The van der Waals surface area contributed by atoms with Crippen LogP contribution in [0.15, 0.2) is 182 Å². The molecule has 0 amide bonds. The van der Waals surface area contributed by atoms with Crippen LogP contribution in [0.1, 0.15) is 77.6 Å². The Bertz CT molecular complexity index is 3420. The summed E-state index contributed by atoms with van der Waals surface area (Å²) in [6.45, 7) is 18.2. The van der Waals surface area contributed by atoms with Gasteiger partial charge in [0, 0.05) is 40.2 Å². The number of hydrogen-bond donors (Lipinski definition) is 0. The molecule has 7 aromatic carbocycles.